The van der Waals surface area contributed by atoms with Crippen LogP contribution in [-0.2, 0) is 6.54 Å². The molecule has 0 unspecified atom stereocenters. The third kappa shape index (κ3) is 2.81. The van der Waals surface area contributed by atoms with Gasteiger partial charge in [0.25, 0.3) is 0 Å². The number of aliphatic hydroxyl groups is 1. The van der Waals surface area contributed by atoms with Crippen LogP contribution in [0.2, 0.25) is 0 Å². The number of piperidine rings is 1. The highest BCUT2D eigenvalue weighted by atomic mass is 79.9. The van der Waals surface area contributed by atoms with Crippen LogP contribution in [0.1, 0.15) is 18.4 Å². The summed E-state index contributed by atoms with van der Waals surface area (Å²) in [6, 6.07) is 5.04. The van der Waals surface area contributed by atoms with Crippen LogP contribution in [0.15, 0.2) is 22.7 Å². The number of likely N-dealkylation sites (tertiary alicyclic amines) is 1. The topological polar surface area (TPSA) is 23.5 Å². The van der Waals surface area contributed by atoms with Gasteiger partial charge in [-0.1, -0.05) is 22.0 Å². The molecular weight excluding hydrogens is 273 g/mol. The number of rotatable bonds is 2. The molecule has 0 amide bonds. The molecule has 1 fully saturated rings. The first-order valence-corrected chi connectivity index (χ1v) is 6.29. The molecule has 1 aromatic rings. The van der Waals surface area contributed by atoms with Gasteiger partial charge in [0.05, 0.1) is 6.10 Å². The molecule has 16 heavy (non-hydrogen) atoms. The van der Waals surface area contributed by atoms with Crippen molar-refractivity contribution in [2.45, 2.75) is 25.5 Å². The van der Waals surface area contributed by atoms with E-state index in [1.165, 1.54) is 6.07 Å². The third-order valence-corrected chi connectivity index (χ3v) is 3.74. The molecule has 1 aliphatic heterocycles. The molecule has 88 valence electrons. The molecule has 0 aliphatic carbocycles. The largest absolute Gasteiger partial charge is 0.393 e. The van der Waals surface area contributed by atoms with Crippen molar-refractivity contribution in [1.82, 2.24) is 4.90 Å². The number of aliphatic hydroxyl groups excluding tert-OH is 1. The fourth-order valence-corrected chi connectivity index (χ4v) is 2.45. The van der Waals surface area contributed by atoms with Crippen LogP contribution in [0.4, 0.5) is 4.39 Å². The maximum atomic E-state index is 13.6. The van der Waals surface area contributed by atoms with Crippen LogP contribution < -0.4 is 0 Å². The summed E-state index contributed by atoms with van der Waals surface area (Å²) in [5.74, 6) is -0.166. The van der Waals surface area contributed by atoms with E-state index in [0.717, 1.165) is 30.4 Å². The number of benzene rings is 1. The average Bonchev–Trinajstić information content (AvgIpc) is 2.26. The van der Waals surface area contributed by atoms with Crippen LogP contribution in [0.5, 0.6) is 0 Å². The van der Waals surface area contributed by atoms with E-state index in [1.807, 2.05) is 6.07 Å². The highest BCUT2D eigenvalue weighted by Crippen LogP contribution is 2.22. The van der Waals surface area contributed by atoms with Gasteiger partial charge in [0, 0.05) is 29.7 Å². The standard InChI is InChI=1S/C12H15BrFNO/c13-11-2-1-3-12(14)10(11)8-15-6-4-9(16)5-7-15/h1-3,9,16H,4-8H2. The second-order valence-corrected chi connectivity index (χ2v) is 5.06. The molecule has 0 aromatic heterocycles. The van der Waals surface area contributed by atoms with Crippen LogP contribution in [0.3, 0.4) is 0 Å². The Hall–Kier alpha value is -0.450. The molecule has 1 heterocycles. The Labute approximate surface area is 103 Å². The van der Waals surface area contributed by atoms with Crippen molar-refractivity contribution in [3.63, 3.8) is 0 Å². The summed E-state index contributed by atoms with van der Waals surface area (Å²) in [7, 11) is 0. The molecule has 1 aliphatic rings. The van der Waals surface area contributed by atoms with Gasteiger partial charge in [0.2, 0.25) is 0 Å². The predicted octanol–water partition coefficient (Wildman–Crippen LogP) is 2.54. The molecular formula is C12H15BrFNO. The highest BCUT2D eigenvalue weighted by molar-refractivity contribution is 9.10. The fourth-order valence-electron chi connectivity index (χ4n) is 1.98. The lowest BCUT2D eigenvalue weighted by Crippen LogP contribution is -2.35. The van der Waals surface area contributed by atoms with E-state index in [1.54, 1.807) is 6.07 Å². The summed E-state index contributed by atoms with van der Waals surface area (Å²) in [4.78, 5) is 2.18. The maximum Gasteiger partial charge on any atom is 0.128 e. The lowest BCUT2D eigenvalue weighted by Gasteiger charge is -2.29. The summed E-state index contributed by atoms with van der Waals surface area (Å²) < 4.78 is 14.4. The lowest BCUT2D eigenvalue weighted by molar-refractivity contribution is 0.0786. The molecule has 4 heteroatoms. The minimum absolute atomic E-state index is 0.166. The smallest absolute Gasteiger partial charge is 0.128 e. The number of hydrogen-bond acceptors (Lipinski definition) is 2. The minimum Gasteiger partial charge on any atom is -0.393 e. The molecule has 2 rings (SSSR count). The minimum atomic E-state index is -0.180. The summed E-state index contributed by atoms with van der Waals surface area (Å²) in [5, 5.41) is 9.39. The van der Waals surface area contributed by atoms with Crippen LogP contribution in [-0.4, -0.2) is 29.2 Å². The average molecular weight is 288 g/mol. The molecule has 0 saturated carbocycles. The molecule has 1 N–H and O–H groups in total. The van der Waals surface area contributed by atoms with Gasteiger partial charge in [0.1, 0.15) is 5.82 Å². The van der Waals surface area contributed by atoms with Crippen LogP contribution in [0.25, 0.3) is 0 Å². The summed E-state index contributed by atoms with van der Waals surface area (Å²) >= 11 is 3.37. The van der Waals surface area contributed by atoms with E-state index >= 15 is 0 Å². The SMILES string of the molecule is OC1CCN(Cc2c(F)cccc2Br)CC1. The number of nitrogens with zero attached hydrogens (tertiary/aromatic N) is 1. The Morgan fingerprint density at radius 1 is 1.38 bits per heavy atom. The zero-order chi connectivity index (χ0) is 11.5. The lowest BCUT2D eigenvalue weighted by atomic mass is 10.1. The molecule has 2 nitrogen and oxygen atoms in total. The Morgan fingerprint density at radius 3 is 2.69 bits per heavy atom. The number of halogens is 2. The third-order valence-electron chi connectivity index (χ3n) is 3.00. The highest BCUT2D eigenvalue weighted by Gasteiger charge is 2.18. The molecule has 0 radical (unpaired) electrons. The summed E-state index contributed by atoms with van der Waals surface area (Å²) in [6.45, 7) is 2.28. The van der Waals surface area contributed by atoms with Crippen molar-refractivity contribution in [2.75, 3.05) is 13.1 Å². The van der Waals surface area contributed by atoms with Gasteiger partial charge in [-0.3, -0.25) is 4.90 Å². The Morgan fingerprint density at radius 2 is 2.06 bits per heavy atom. The monoisotopic (exact) mass is 287 g/mol. The Kier molecular flexibility index (Phi) is 3.95. The van der Waals surface area contributed by atoms with Crippen molar-refractivity contribution in [3.05, 3.63) is 34.1 Å². The van der Waals surface area contributed by atoms with Gasteiger partial charge in [-0.15, -0.1) is 0 Å². The van der Waals surface area contributed by atoms with Crippen molar-refractivity contribution < 1.29 is 9.50 Å². The van der Waals surface area contributed by atoms with Crippen molar-refractivity contribution >= 4 is 15.9 Å². The first-order valence-electron chi connectivity index (χ1n) is 5.50. The summed E-state index contributed by atoms with van der Waals surface area (Å²) in [6.07, 6.45) is 1.39. The van der Waals surface area contributed by atoms with Crippen LogP contribution in [0, 0.1) is 5.82 Å². The molecule has 0 bridgehead atoms. The molecule has 0 atom stereocenters. The van der Waals surface area contributed by atoms with Gasteiger partial charge in [-0.25, -0.2) is 4.39 Å². The van der Waals surface area contributed by atoms with Gasteiger partial charge >= 0.3 is 0 Å². The summed E-state index contributed by atoms with van der Waals surface area (Å²) in [5.41, 5.74) is 0.707. The Bertz CT molecular complexity index is 344. The van der Waals surface area contributed by atoms with Crippen molar-refractivity contribution in [3.8, 4) is 0 Å². The second-order valence-electron chi connectivity index (χ2n) is 4.21. The zero-order valence-electron chi connectivity index (χ0n) is 9.00. The molecule has 0 spiro atoms. The molecule has 1 aromatic carbocycles. The van der Waals surface area contributed by atoms with Gasteiger partial charge in [-0.05, 0) is 25.0 Å². The van der Waals surface area contributed by atoms with E-state index < -0.39 is 0 Å². The van der Waals surface area contributed by atoms with E-state index in [-0.39, 0.29) is 11.9 Å². The fraction of sp³-hybridized carbons (Fsp3) is 0.500. The first-order chi connectivity index (χ1) is 7.66. The van der Waals surface area contributed by atoms with Gasteiger partial charge in [-0.2, -0.15) is 0 Å². The normalized spacial score (nSPS) is 18.9. The van der Waals surface area contributed by atoms with E-state index in [2.05, 4.69) is 20.8 Å². The van der Waals surface area contributed by atoms with E-state index in [4.69, 9.17) is 0 Å². The van der Waals surface area contributed by atoms with Gasteiger partial charge < -0.3 is 5.11 Å². The van der Waals surface area contributed by atoms with E-state index in [9.17, 15) is 9.50 Å². The zero-order valence-corrected chi connectivity index (χ0v) is 10.6. The first kappa shape index (κ1) is 12.0. The van der Waals surface area contributed by atoms with Crippen molar-refractivity contribution in [1.29, 1.82) is 0 Å². The van der Waals surface area contributed by atoms with Crippen LogP contribution >= 0.6 is 15.9 Å². The molecule has 1 saturated heterocycles. The Balaban J connectivity index is 2.04. The quantitative estimate of drug-likeness (QED) is 0.904. The number of hydrogen-bond donors (Lipinski definition) is 1. The van der Waals surface area contributed by atoms with Gasteiger partial charge in [0.15, 0.2) is 0 Å². The van der Waals surface area contributed by atoms with Crippen molar-refractivity contribution in [2.24, 2.45) is 0 Å². The predicted molar refractivity (Wildman–Crippen MR) is 64.6 cm³/mol. The second kappa shape index (κ2) is 5.25. The van der Waals surface area contributed by atoms with E-state index in [0.29, 0.717) is 12.1 Å². The maximum absolute atomic E-state index is 13.6.